The van der Waals surface area contributed by atoms with E-state index in [4.69, 9.17) is 0 Å². The minimum atomic E-state index is 0.655. The van der Waals surface area contributed by atoms with Crippen LogP contribution in [0.2, 0.25) is 0 Å². The zero-order valence-electron chi connectivity index (χ0n) is 12.7. The number of aromatic nitrogens is 3. The molecule has 0 aliphatic heterocycles. The van der Waals surface area contributed by atoms with Crippen LogP contribution < -0.4 is 0 Å². The molecule has 1 atom stereocenters. The van der Waals surface area contributed by atoms with Crippen molar-refractivity contribution in [1.29, 1.82) is 0 Å². The van der Waals surface area contributed by atoms with Crippen molar-refractivity contribution in [2.45, 2.75) is 66.8 Å². The average Bonchev–Trinajstić information content (AvgIpc) is 2.70. The Kier molecular flexibility index (Phi) is 6.37. The van der Waals surface area contributed by atoms with Crippen LogP contribution in [0.3, 0.4) is 0 Å². The third-order valence-corrected chi connectivity index (χ3v) is 3.64. The fourth-order valence-electron chi connectivity index (χ4n) is 2.03. The molecule has 3 nitrogen and oxygen atoms in total. The van der Waals surface area contributed by atoms with Crippen molar-refractivity contribution < 1.29 is 0 Å². The summed E-state index contributed by atoms with van der Waals surface area (Å²) in [6, 6.07) is 0. The molecule has 1 rings (SSSR count). The molecule has 18 heavy (non-hydrogen) atoms. The van der Waals surface area contributed by atoms with Crippen LogP contribution in [0, 0.1) is 17.8 Å². The Balaban J connectivity index is 2.21. The number of rotatable bonds is 8. The molecule has 1 heterocycles. The first-order chi connectivity index (χ1) is 8.49. The van der Waals surface area contributed by atoms with Crippen molar-refractivity contribution in [3.8, 4) is 0 Å². The predicted octanol–water partition coefficient (Wildman–Crippen LogP) is 3.94. The van der Waals surface area contributed by atoms with Crippen LogP contribution in [-0.2, 0) is 13.0 Å². The van der Waals surface area contributed by atoms with Crippen LogP contribution >= 0.6 is 0 Å². The normalized spacial score (nSPS) is 13.5. The lowest BCUT2D eigenvalue weighted by Gasteiger charge is -2.14. The van der Waals surface area contributed by atoms with E-state index in [9.17, 15) is 0 Å². The molecule has 0 spiro atoms. The second-order valence-electron chi connectivity index (χ2n) is 6.29. The zero-order chi connectivity index (χ0) is 13.5. The summed E-state index contributed by atoms with van der Waals surface area (Å²) in [6.07, 6.45) is 6.96. The molecule has 1 unspecified atom stereocenters. The SMILES string of the molecule is CC(C)Cc1cn(CCCCC(C)C(C)C)nn1. The van der Waals surface area contributed by atoms with Gasteiger partial charge in [-0.25, -0.2) is 0 Å². The van der Waals surface area contributed by atoms with Gasteiger partial charge in [0.2, 0.25) is 0 Å². The van der Waals surface area contributed by atoms with Gasteiger partial charge in [0, 0.05) is 12.7 Å². The van der Waals surface area contributed by atoms with Crippen molar-refractivity contribution in [2.75, 3.05) is 0 Å². The molecular weight excluding hydrogens is 222 g/mol. The summed E-state index contributed by atoms with van der Waals surface area (Å²) in [5, 5.41) is 8.40. The monoisotopic (exact) mass is 251 g/mol. The third kappa shape index (κ3) is 5.65. The Morgan fingerprint density at radius 1 is 1.11 bits per heavy atom. The molecule has 104 valence electrons. The number of hydrogen-bond acceptors (Lipinski definition) is 2. The highest BCUT2D eigenvalue weighted by molar-refractivity contribution is 4.93. The van der Waals surface area contributed by atoms with Gasteiger partial charge in [0.25, 0.3) is 0 Å². The van der Waals surface area contributed by atoms with E-state index in [-0.39, 0.29) is 0 Å². The second kappa shape index (κ2) is 7.55. The van der Waals surface area contributed by atoms with E-state index >= 15 is 0 Å². The van der Waals surface area contributed by atoms with Crippen molar-refractivity contribution in [3.63, 3.8) is 0 Å². The van der Waals surface area contributed by atoms with E-state index in [1.54, 1.807) is 0 Å². The fourth-order valence-corrected chi connectivity index (χ4v) is 2.03. The minimum absolute atomic E-state index is 0.655. The van der Waals surface area contributed by atoms with Gasteiger partial charge in [-0.2, -0.15) is 0 Å². The lowest BCUT2D eigenvalue weighted by Crippen LogP contribution is -2.05. The molecule has 0 N–H and O–H groups in total. The molecule has 0 saturated heterocycles. The maximum Gasteiger partial charge on any atom is 0.0829 e. The molecule has 1 aromatic heterocycles. The number of aryl methyl sites for hydroxylation is 1. The standard InChI is InChI=1S/C15H29N3/c1-12(2)10-15-11-18(17-16-15)9-7-6-8-14(5)13(3)4/h11-14H,6-10H2,1-5H3. The van der Waals surface area contributed by atoms with Crippen molar-refractivity contribution in [3.05, 3.63) is 11.9 Å². The lowest BCUT2D eigenvalue weighted by molar-refractivity contribution is 0.370. The van der Waals surface area contributed by atoms with Gasteiger partial charge < -0.3 is 0 Å². The third-order valence-electron chi connectivity index (χ3n) is 3.64. The number of hydrogen-bond donors (Lipinski definition) is 0. The van der Waals surface area contributed by atoms with Crippen LogP contribution in [0.15, 0.2) is 6.20 Å². The quantitative estimate of drug-likeness (QED) is 0.655. The van der Waals surface area contributed by atoms with Gasteiger partial charge in [0.05, 0.1) is 5.69 Å². The zero-order valence-corrected chi connectivity index (χ0v) is 12.7. The van der Waals surface area contributed by atoms with Gasteiger partial charge in [-0.1, -0.05) is 52.7 Å². The van der Waals surface area contributed by atoms with Gasteiger partial charge in [-0.15, -0.1) is 5.10 Å². The van der Waals surface area contributed by atoms with Gasteiger partial charge >= 0.3 is 0 Å². The second-order valence-corrected chi connectivity index (χ2v) is 6.29. The predicted molar refractivity (Wildman–Crippen MR) is 76.4 cm³/mol. The molecule has 0 saturated carbocycles. The fraction of sp³-hybridized carbons (Fsp3) is 0.867. The lowest BCUT2D eigenvalue weighted by atomic mass is 9.93. The maximum absolute atomic E-state index is 4.21. The van der Waals surface area contributed by atoms with Gasteiger partial charge in [0.15, 0.2) is 0 Å². The largest absolute Gasteiger partial charge is 0.252 e. The summed E-state index contributed by atoms with van der Waals surface area (Å²) in [5.74, 6) is 2.29. The summed E-state index contributed by atoms with van der Waals surface area (Å²) in [7, 11) is 0. The Labute approximate surface area is 112 Å². The Hall–Kier alpha value is -0.860. The topological polar surface area (TPSA) is 30.7 Å². The van der Waals surface area contributed by atoms with Crippen molar-refractivity contribution >= 4 is 0 Å². The molecule has 0 amide bonds. The highest BCUT2D eigenvalue weighted by Crippen LogP contribution is 2.17. The average molecular weight is 251 g/mol. The molecule has 0 bridgehead atoms. The number of unbranched alkanes of at least 4 members (excludes halogenated alkanes) is 1. The summed E-state index contributed by atoms with van der Waals surface area (Å²) >= 11 is 0. The summed E-state index contributed by atoms with van der Waals surface area (Å²) in [5.41, 5.74) is 1.13. The molecular formula is C15H29N3. The highest BCUT2D eigenvalue weighted by atomic mass is 15.4. The van der Waals surface area contributed by atoms with Gasteiger partial charge in [-0.05, 0) is 30.6 Å². The van der Waals surface area contributed by atoms with E-state index in [0.717, 1.165) is 30.5 Å². The van der Waals surface area contributed by atoms with E-state index in [1.165, 1.54) is 19.3 Å². The number of nitrogens with zero attached hydrogens (tertiary/aromatic N) is 3. The van der Waals surface area contributed by atoms with Crippen LogP contribution in [-0.4, -0.2) is 15.0 Å². The van der Waals surface area contributed by atoms with Gasteiger partial charge in [-0.3, -0.25) is 4.68 Å². The van der Waals surface area contributed by atoms with Crippen LogP contribution in [0.4, 0.5) is 0 Å². The van der Waals surface area contributed by atoms with Crippen molar-refractivity contribution in [1.82, 2.24) is 15.0 Å². The van der Waals surface area contributed by atoms with E-state index in [1.807, 2.05) is 4.68 Å². The Morgan fingerprint density at radius 2 is 1.83 bits per heavy atom. The first kappa shape index (κ1) is 15.2. The Bertz CT molecular complexity index is 328. The summed E-state index contributed by atoms with van der Waals surface area (Å²) in [6.45, 7) is 12.4. The smallest absolute Gasteiger partial charge is 0.0829 e. The molecule has 0 aliphatic carbocycles. The van der Waals surface area contributed by atoms with Crippen molar-refractivity contribution in [2.24, 2.45) is 17.8 Å². The molecule has 0 radical (unpaired) electrons. The molecule has 1 aromatic rings. The molecule has 0 aromatic carbocycles. The summed E-state index contributed by atoms with van der Waals surface area (Å²) < 4.78 is 2.00. The highest BCUT2D eigenvalue weighted by Gasteiger charge is 2.07. The Morgan fingerprint density at radius 3 is 2.44 bits per heavy atom. The summed E-state index contributed by atoms with van der Waals surface area (Å²) in [4.78, 5) is 0. The molecule has 3 heteroatoms. The first-order valence-corrected chi connectivity index (χ1v) is 7.38. The van der Waals surface area contributed by atoms with Crippen LogP contribution in [0.25, 0.3) is 0 Å². The van der Waals surface area contributed by atoms with E-state index < -0.39 is 0 Å². The van der Waals surface area contributed by atoms with Crippen LogP contribution in [0.1, 0.15) is 59.6 Å². The maximum atomic E-state index is 4.21. The van der Waals surface area contributed by atoms with Gasteiger partial charge in [0.1, 0.15) is 0 Å². The van der Waals surface area contributed by atoms with E-state index in [2.05, 4.69) is 51.1 Å². The molecule has 0 aliphatic rings. The van der Waals surface area contributed by atoms with Crippen LogP contribution in [0.5, 0.6) is 0 Å². The molecule has 0 fully saturated rings. The van der Waals surface area contributed by atoms with E-state index in [0.29, 0.717) is 5.92 Å². The first-order valence-electron chi connectivity index (χ1n) is 7.38. The minimum Gasteiger partial charge on any atom is -0.252 e.